The van der Waals surface area contributed by atoms with E-state index in [1.54, 1.807) is 0 Å². The minimum absolute atomic E-state index is 0.0672. The largest absolute Gasteiger partial charge is 0.292 e. The lowest BCUT2D eigenvalue weighted by atomic mass is 9.99. The first-order valence-electron chi connectivity index (χ1n) is 4.98. The molecule has 1 heterocycles. The molecule has 0 amide bonds. The summed E-state index contributed by atoms with van der Waals surface area (Å²) in [5.41, 5.74) is 0.749. The van der Waals surface area contributed by atoms with Gasteiger partial charge in [0.1, 0.15) is 5.92 Å². The summed E-state index contributed by atoms with van der Waals surface area (Å²) >= 11 is 1.38. The maximum Gasteiger partial charge on any atom is 0.191 e. The fraction of sp³-hybridized carbons (Fsp3) is 0.545. The Labute approximate surface area is 93.8 Å². The molecule has 0 N–H and O–H groups in total. The van der Waals surface area contributed by atoms with Gasteiger partial charge in [-0.1, -0.05) is 13.3 Å². The predicted molar refractivity (Wildman–Crippen MR) is 59.9 cm³/mol. The Hall–Kier alpha value is -1.21. The number of aromatic nitrogens is 1. The first-order valence-corrected chi connectivity index (χ1v) is 5.79. The molecule has 1 unspecified atom stereocenters. The molecule has 0 bridgehead atoms. The summed E-state index contributed by atoms with van der Waals surface area (Å²) in [5.74, 6) is -0.573. The van der Waals surface area contributed by atoms with Crippen LogP contribution in [0, 0.1) is 31.1 Å². The summed E-state index contributed by atoms with van der Waals surface area (Å²) in [5, 5.41) is 9.78. The van der Waals surface area contributed by atoms with Crippen molar-refractivity contribution in [2.24, 2.45) is 5.92 Å². The van der Waals surface area contributed by atoms with Gasteiger partial charge in [-0.2, -0.15) is 5.26 Å². The molecule has 0 aromatic carbocycles. The van der Waals surface area contributed by atoms with E-state index < -0.39 is 5.92 Å². The van der Waals surface area contributed by atoms with E-state index in [1.165, 1.54) is 11.3 Å². The van der Waals surface area contributed by atoms with Crippen molar-refractivity contribution in [3.05, 3.63) is 15.6 Å². The monoisotopic (exact) mass is 222 g/mol. The molecule has 3 nitrogen and oxygen atoms in total. The highest BCUT2D eigenvalue weighted by atomic mass is 32.1. The summed E-state index contributed by atoms with van der Waals surface area (Å²) in [4.78, 5) is 16.8. The van der Waals surface area contributed by atoms with Gasteiger partial charge in [-0.05, 0) is 20.3 Å². The molecular formula is C11H14N2OS. The number of carbonyl (C=O) groups is 1. The third-order valence-electron chi connectivity index (χ3n) is 2.18. The summed E-state index contributed by atoms with van der Waals surface area (Å²) < 4.78 is 0. The molecule has 1 rings (SSSR count). The van der Waals surface area contributed by atoms with Crippen LogP contribution in [0.1, 0.15) is 40.1 Å². The van der Waals surface area contributed by atoms with E-state index in [0.29, 0.717) is 11.3 Å². The first kappa shape index (κ1) is 11.9. The van der Waals surface area contributed by atoms with Gasteiger partial charge in [-0.25, -0.2) is 4.98 Å². The minimum Gasteiger partial charge on any atom is -0.292 e. The van der Waals surface area contributed by atoms with E-state index in [0.717, 1.165) is 17.1 Å². The van der Waals surface area contributed by atoms with Gasteiger partial charge in [0.2, 0.25) is 0 Å². The molecule has 15 heavy (non-hydrogen) atoms. The van der Waals surface area contributed by atoms with Gasteiger partial charge in [0, 0.05) is 0 Å². The second-order valence-corrected chi connectivity index (χ2v) is 4.69. The average Bonchev–Trinajstić information content (AvgIpc) is 2.53. The Balaban J connectivity index is 2.93. The highest BCUT2D eigenvalue weighted by Gasteiger charge is 2.22. The number of rotatable bonds is 4. The number of carbonyl (C=O) groups excluding carboxylic acids is 1. The van der Waals surface area contributed by atoms with Crippen molar-refractivity contribution in [2.75, 3.05) is 0 Å². The number of hydrogen-bond donors (Lipinski definition) is 0. The molecule has 0 saturated carbocycles. The van der Waals surface area contributed by atoms with Crippen LogP contribution in [0.3, 0.4) is 0 Å². The summed E-state index contributed by atoms with van der Waals surface area (Å²) in [6.07, 6.45) is 1.48. The topological polar surface area (TPSA) is 53.8 Å². The lowest BCUT2D eigenvalue weighted by Crippen LogP contribution is -2.12. The van der Waals surface area contributed by atoms with Crippen LogP contribution in [0.2, 0.25) is 0 Å². The van der Waals surface area contributed by atoms with E-state index in [2.05, 4.69) is 11.1 Å². The fourth-order valence-corrected chi connectivity index (χ4v) is 2.38. The van der Waals surface area contributed by atoms with E-state index in [9.17, 15) is 4.79 Å². The standard InChI is InChI=1S/C11H14N2OS/c1-4-5-9(6-12)10(14)11-7(2)13-8(3)15-11/h9H,4-5H2,1-3H3. The first-order chi connectivity index (χ1) is 7.10. The predicted octanol–water partition coefficient (Wildman–Crippen LogP) is 2.88. The molecule has 0 aliphatic rings. The maximum absolute atomic E-state index is 11.9. The van der Waals surface area contributed by atoms with Crippen LogP contribution >= 0.6 is 11.3 Å². The van der Waals surface area contributed by atoms with Gasteiger partial charge in [-0.15, -0.1) is 11.3 Å². The van der Waals surface area contributed by atoms with Gasteiger partial charge in [0.25, 0.3) is 0 Å². The number of hydrogen-bond acceptors (Lipinski definition) is 4. The Kier molecular flexibility index (Phi) is 3.98. The molecule has 0 saturated heterocycles. The second-order valence-electron chi connectivity index (χ2n) is 3.48. The van der Waals surface area contributed by atoms with Gasteiger partial charge in [0.15, 0.2) is 5.78 Å². The molecule has 4 heteroatoms. The number of aryl methyl sites for hydroxylation is 2. The number of nitrogens with zero attached hydrogens (tertiary/aromatic N) is 2. The third kappa shape index (κ3) is 2.63. The quantitative estimate of drug-likeness (QED) is 0.736. The van der Waals surface area contributed by atoms with Gasteiger partial charge in [-0.3, -0.25) is 4.79 Å². The van der Waals surface area contributed by atoms with Crippen LogP contribution < -0.4 is 0 Å². The van der Waals surface area contributed by atoms with Crippen molar-refractivity contribution in [1.29, 1.82) is 5.26 Å². The van der Waals surface area contributed by atoms with E-state index in [1.807, 2.05) is 20.8 Å². The molecule has 0 spiro atoms. The number of ketones is 1. The Morgan fingerprint density at radius 2 is 2.27 bits per heavy atom. The summed E-state index contributed by atoms with van der Waals surface area (Å²) in [7, 11) is 0. The van der Waals surface area contributed by atoms with E-state index in [-0.39, 0.29) is 5.78 Å². The molecule has 0 aliphatic carbocycles. The highest BCUT2D eigenvalue weighted by Crippen LogP contribution is 2.22. The van der Waals surface area contributed by atoms with Crippen molar-refractivity contribution in [2.45, 2.75) is 33.6 Å². The van der Waals surface area contributed by atoms with Crippen LogP contribution in [0.5, 0.6) is 0 Å². The summed E-state index contributed by atoms with van der Waals surface area (Å²) in [6.45, 7) is 5.66. The maximum atomic E-state index is 11.9. The minimum atomic E-state index is -0.506. The van der Waals surface area contributed by atoms with E-state index in [4.69, 9.17) is 5.26 Å². The van der Waals surface area contributed by atoms with E-state index >= 15 is 0 Å². The third-order valence-corrected chi connectivity index (χ3v) is 3.26. The molecule has 1 aromatic rings. The Morgan fingerprint density at radius 3 is 2.67 bits per heavy atom. The lowest BCUT2D eigenvalue weighted by molar-refractivity contribution is 0.0947. The SMILES string of the molecule is CCCC(C#N)C(=O)c1sc(C)nc1C. The highest BCUT2D eigenvalue weighted by molar-refractivity contribution is 7.13. The van der Waals surface area contributed by atoms with Crippen LogP contribution in [0.15, 0.2) is 0 Å². The smallest absolute Gasteiger partial charge is 0.191 e. The van der Waals surface area contributed by atoms with Crippen LogP contribution in [-0.2, 0) is 0 Å². The average molecular weight is 222 g/mol. The van der Waals surface area contributed by atoms with Gasteiger partial charge >= 0.3 is 0 Å². The molecule has 0 aliphatic heterocycles. The number of nitriles is 1. The Morgan fingerprint density at radius 1 is 1.60 bits per heavy atom. The zero-order valence-corrected chi connectivity index (χ0v) is 10.0. The fourth-order valence-electron chi connectivity index (χ4n) is 1.46. The second kappa shape index (κ2) is 5.04. The lowest BCUT2D eigenvalue weighted by Gasteiger charge is -2.04. The van der Waals surface area contributed by atoms with Gasteiger partial charge in [0.05, 0.1) is 21.6 Å². The van der Waals surface area contributed by atoms with Crippen molar-refractivity contribution >= 4 is 17.1 Å². The van der Waals surface area contributed by atoms with Crippen LogP contribution in [0.4, 0.5) is 0 Å². The van der Waals surface area contributed by atoms with Crippen LogP contribution in [0.25, 0.3) is 0 Å². The summed E-state index contributed by atoms with van der Waals surface area (Å²) in [6, 6.07) is 2.07. The Bertz CT molecular complexity index is 403. The number of Topliss-reactive ketones (excluding diaryl/α,β-unsaturated/α-hetero) is 1. The molecule has 1 atom stereocenters. The van der Waals surface area contributed by atoms with Crippen molar-refractivity contribution < 1.29 is 4.79 Å². The zero-order valence-electron chi connectivity index (χ0n) is 9.20. The van der Waals surface area contributed by atoms with Gasteiger partial charge < -0.3 is 0 Å². The molecule has 0 radical (unpaired) electrons. The zero-order chi connectivity index (χ0) is 11.4. The van der Waals surface area contributed by atoms with Crippen molar-refractivity contribution in [3.63, 3.8) is 0 Å². The molecule has 80 valence electrons. The number of thiazole rings is 1. The normalized spacial score (nSPS) is 12.1. The van der Waals surface area contributed by atoms with Crippen molar-refractivity contribution in [1.82, 2.24) is 4.98 Å². The molecule has 0 fully saturated rings. The molecule has 1 aromatic heterocycles. The molecular weight excluding hydrogens is 208 g/mol. The van der Waals surface area contributed by atoms with Crippen LogP contribution in [-0.4, -0.2) is 10.8 Å². The van der Waals surface area contributed by atoms with Crippen molar-refractivity contribution in [3.8, 4) is 6.07 Å².